The van der Waals surface area contributed by atoms with E-state index >= 15 is 0 Å². The molecule has 2 N–H and O–H groups in total. The van der Waals surface area contributed by atoms with Crippen LogP contribution in [-0.2, 0) is 16.0 Å². The Hall–Kier alpha value is -1.67. The first-order valence-corrected chi connectivity index (χ1v) is 7.28. The van der Waals surface area contributed by atoms with Crippen LogP contribution in [0.15, 0.2) is 11.2 Å². The lowest BCUT2D eigenvalue weighted by Gasteiger charge is -2.15. The van der Waals surface area contributed by atoms with Gasteiger partial charge < -0.3 is 20.1 Å². The minimum Gasteiger partial charge on any atom is -0.377 e. The Morgan fingerprint density at radius 2 is 2.38 bits per heavy atom. The van der Waals surface area contributed by atoms with Crippen molar-refractivity contribution in [1.29, 1.82) is 0 Å². The summed E-state index contributed by atoms with van der Waals surface area (Å²) in [7, 11) is 3.47. The summed E-state index contributed by atoms with van der Waals surface area (Å²) in [6.45, 7) is 1.81. The van der Waals surface area contributed by atoms with Gasteiger partial charge in [-0.1, -0.05) is 5.21 Å². The van der Waals surface area contributed by atoms with E-state index in [1.54, 1.807) is 14.2 Å². The van der Waals surface area contributed by atoms with Gasteiger partial charge in [-0.25, -0.2) is 4.68 Å². The van der Waals surface area contributed by atoms with E-state index in [0.717, 1.165) is 11.7 Å². The van der Waals surface area contributed by atoms with Gasteiger partial charge in [-0.3, -0.25) is 4.99 Å². The van der Waals surface area contributed by atoms with Gasteiger partial charge in [-0.2, -0.15) is 0 Å². The van der Waals surface area contributed by atoms with E-state index in [2.05, 4.69) is 25.9 Å². The number of guanidine groups is 1. The maximum Gasteiger partial charge on any atom is 0.191 e. The van der Waals surface area contributed by atoms with Crippen LogP contribution >= 0.6 is 0 Å². The molecular formula is C13H22N6O2. The lowest BCUT2D eigenvalue weighted by Crippen LogP contribution is -2.38. The van der Waals surface area contributed by atoms with Gasteiger partial charge in [-0.05, 0) is 12.8 Å². The van der Waals surface area contributed by atoms with Crippen molar-refractivity contribution >= 4 is 5.96 Å². The van der Waals surface area contributed by atoms with Gasteiger partial charge in [0.1, 0.15) is 17.8 Å². The second-order valence-electron chi connectivity index (χ2n) is 5.41. The summed E-state index contributed by atoms with van der Waals surface area (Å²) in [5.41, 5.74) is 0.871. The van der Waals surface area contributed by atoms with E-state index in [1.165, 1.54) is 12.8 Å². The van der Waals surface area contributed by atoms with Crippen molar-refractivity contribution in [3.05, 3.63) is 11.9 Å². The molecule has 2 heterocycles. The topological polar surface area (TPSA) is 85.6 Å². The van der Waals surface area contributed by atoms with Gasteiger partial charge in [0, 0.05) is 20.2 Å². The SMILES string of the molecule is CN=C(NCc1cn([C@@H]2COC[C@H]2OC)nn1)NC1CC1. The molecule has 8 nitrogen and oxygen atoms in total. The second kappa shape index (κ2) is 6.40. The molecule has 1 aliphatic carbocycles. The zero-order valence-electron chi connectivity index (χ0n) is 12.5. The summed E-state index contributed by atoms with van der Waals surface area (Å²) < 4.78 is 12.7. The zero-order valence-corrected chi connectivity index (χ0v) is 12.5. The van der Waals surface area contributed by atoms with Crippen LogP contribution in [0.3, 0.4) is 0 Å². The third kappa shape index (κ3) is 3.51. The quantitative estimate of drug-likeness (QED) is 0.572. The van der Waals surface area contributed by atoms with Crippen molar-refractivity contribution in [3.8, 4) is 0 Å². The van der Waals surface area contributed by atoms with Gasteiger partial charge in [0.15, 0.2) is 5.96 Å². The molecule has 0 radical (unpaired) electrons. The van der Waals surface area contributed by atoms with Crippen LogP contribution in [0, 0.1) is 0 Å². The van der Waals surface area contributed by atoms with E-state index in [0.29, 0.717) is 25.8 Å². The number of ether oxygens (including phenoxy) is 2. The smallest absolute Gasteiger partial charge is 0.191 e. The van der Waals surface area contributed by atoms with E-state index in [9.17, 15) is 0 Å². The predicted molar refractivity (Wildman–Crippen MR) is 77.0 cm³/mol. The highest BCUT2D eigenvalue weighted by molar-refractivity contribution is 5.80. The average molecular weight is 294 g/mol. The lowest BCUT2D eigenvalue weighted by atomic mass is 10.2. The fraction of sp³-hybridized carbons (Fsp3) is 0.769. The Labute approximate surface area is 123 Å². The van der Waals surface area contributed by atoms with Gasteiger partial charge in [0.25, 0.3) is 0 Å². The third-order valence-electron chi connectivity index (χ3n) is 3.78. The van der Waals surface area contributed by atoms with Crippen LogP contribution in [0.25, 0.3) is 0 Å². The van der Waals surface area contributed by atoms with E-state index in [-0.39, 0.29) is 12.1 Å². The standard InChI is InChI=1S/C13H22N6O2/c1-14-13(16-9-3-4-9)15-5-10-6-19(18-17-10)11-7-21-8-12(11)20-2/h6,9,11-12H,3-5,7-8H2,1-2H3,(H2,14,15,16)/t11-,12-/m1/s1. The molecule has 21 heavy (non-hydrogen) atoms. The molecule has 0 bridgehead atoms. The van der Waals surface area contributed by atoms with E-state index in [4.69, 9.17) is 9.47 Å². The number of aromatic nitrogens is 3. The Kier molecular flexibility index (Phi) is 4.35. The molecule has 0 spiro atoms. The Morgan fingerprint density at radius 1 is 1.52 bits per heavy atom. The van der Waals surface area contributed by atoms with E-state index < -0.39 is 0 Å². The Morgan fingerprint density at radius 3 is 3.10 bits per heavy atom. The minimum absolute atomic E-state index is 0.0387. The number of hydrogen-bond donors (Lipinski definition) is 2. The van der Waals surface area contributed by atoms with Gasteiger partial charge in [0.2, 0.25) is 0 Å². The van der Waals surface area contributed by atoms with Crippen molar-refractivity contribution in [2.75, 3.05) is 27.4 Å². The predicted octanol–water partition coefficient (Wildman–Crippen LogP) is -0.308. The molecular weight excluding hydrogens is 272 g/mol. The van der Waals surface area contributed by atoms with Crippen LogP contribution < -0.4 is 10.6 Å². The van der Waals surface area contributed by atoms with Gasteiger partial charge in [-0.15, -0.1) is 5.10 Å². The van der Waals surface area contributed by atoms with Crippen LogP contribution in [0.4, 0.5) is 0 Å². The molecule has 2 aliphatic rings. The number of nitrogens with zero attached hydrogens (tertiary/aromatic N) is 4. The van der Waals surface area contributed by atoms with Crippen molar-refractivity contribution in [2.24, 2.45) is 4.99 Å². The van der Waals surface area contributed by atoms with Gasteiger partial charge >= 0.3 is 0 Å². The maximum absolute atomic E-state index is 5.43. The number of aliphatic imine (C=N–C) groups is 1. The molecule has 2 fully saturated rings. The summed E-state index contributed by atoms with van der Waals surface area (Å²) in [6, 6.07) is 0.671. The highest BCUT2D eigenvalue weighted by Gasteiger charge is 2.30. The van der Waals surface area contributed by atoms with Crippen molar-refractivity contribution in [1.82, 2.24) is 25.6 Å². The molecule has 1 saturated heterocycles. The summed E-state index contributed by atoms with van der Waals surface area (Å²) in [4.78, 5) is 4.19. The fourth-order valence-electron chi connectivity index (χ4n) is 2.34. The first-order valence-electron chi connectivity index (χ1n) is 7.28. The Bertz CT molecular complexity index is 499. The summed E-state index contributed by atoms with van der Waals surface area (Å²) in [5.74, 6) is 0.811. The molecule has 1 saturated carbocycles. The number of rotatable bonds is 5. The molecule has 1 aliphatic heterocycles. The number of nitrogens with one attached hydrogen (secondary N) is 2. The summed E-state index contributed by atoms with van der Waals surface area (Å²) in [6.07, 6.45) is 4.41. The molecule has 1 aromatic rings. The number of hydrogen-bond acceptors (Lipinski definition) is 5. The third-order valence-corrected chi connectivity index (χ3v) is 3.78. The average Bonchev–Trinajstić information content (AvgIpc) is 3.02. The summed E-state index contributed by atoms with van der Waals surface area (Å²) >= 11 is 0. The van der Waals surface area contributed by atoms with Crippen LogP contribution in [0.2, 0.25) is 0 Å². The highest BCUT2D eigenvalue weighted by Crippen LogP contribution is 2.21. The Balaban J connectivity index is 1.54. The first-order chi connectivity index (χ1) is 10.3. The maximum atomic E-state index is 5.43. The second-order valence-corrected chi connectivity index (χ2v) is 5.41. The van der Waals surface area contributed by atoms with Crippen LogP contribution in [0.5, 0.6) is 0 Å². The van der Waals surface area contributed by atoms with Crippen LogP contribution in [0.1, 0.15) is 24.6 Å². The molecule has 0 amide bonds. The van der Waals surface area contributed by atoms with Crippen molar-refractivity contribution in [3.63, 3.8) is 0 Å². The van der Waals surface area contributed by atoms with Crippen molar-refractivity contribution < 1.29 is 9.47 Å². The molecule has 8 heteroatoms. The number of methoxy groups -OCH3 is 1. The van der Waals surface area contributed by atoms with Gasteiger partial charge in [0.05, 0.1) is 26.0 Å². The zero-order chi connectivity index (χ0) is 14.7. The molecule has 0 aromatic carbocycles. The first kappa shape index (κ1) is 14.3. The minimum atomic E-state index is 0.0387. The lowest BCUT2D eigenvalue weighted by molar-refractivity contribution is 0.0661. The van der Waals surface area contributed by atoms with E-state index in [1.807, 2.05) is 10.9 Å². The molecule has 1 aromatic heterocycles. The fourth-order valence-corrected chi connectivity index (χ4v) is 2.34. The highest BCUT2D eigenvalue weighted by atomic mass is 16.5. The molecule has 116 valence electrons. The monoisotopic (exact) mass is 294 g/mol. The normalized spacial score (nSPS) is 26.1. The molecule has 2 atom stereocenters. The van der Waals surface area contributed by atoms with Crippen molar-refractivity contribution in [2.45, 2.75) is 37.6 Å². The largest absolute Gasteiger partial charge is 0.377 e. The summed E-state index contributed by atoms with van der Waals surface area (Å²) in [5, 5.41) is 14.9. The van der Waals surface area contributed by atoms with Crippen LogP contribution in [-0.4, -0.2) is 60.5 Å². The molecule has 0 unspecified atom stereocenters. The molecule has 3 rings (SSSR count).